The van der Waals surface area contributed by atoms with Gasteiger partial charge in [-0.25, -0.2) is 0 Å². The van der Waals surface area contributed by atoms with Crippen molar-refractivity contribution in [3.8, 4) is 0 Å². The lowest BCUT2D eigenvalue weighted by atomic mass is 9.84. The van der Waals surface area contributed by atoms with Crippen LogP contribution >= 0.6 is 0 Å². The Hall–Kier alpha value is -1.35. The van der Waals surface area contributed by atoms with Crippen molar-refractivity contribution in [3.63, 3.8) is 0 Å². The van der Waals surface area contributed by atoms with Crippen LogP contribution in [-0.4, -0.2) is 30.4 Å². The van der Waals surface area contributed by atoms with Crippen molar-refractivity contribution in [2.75, 3.05) is 19.6 Å². The fourth-order valence-electron chi connectivity index (χ4n) is 3.76. The molecule has 1 fully saturated rings. The second-order valence-electron chi connectivity index (χ2n) is 6.25. The second-order valence-corrected chi connectivity index (χ2v) is 6.25. The molecule has 2 aliphatic rings. The number of nitrogens with zero attached hydrogens (tertiary/aromatic N) is 1. The van der Waals surface area contributed by atoms with Crippen molar-refractivity contribution in [3.05, 3.63) is 35.4 Å². The molecule has 0 radical (unpaired) electrons. The highest BCUT2D eigenvalue weighted by molar-refractivity contribution is 5.83. The summed E-state index contributed by atoms with van der Waals surface area (Å²) in [6.45, 7) is 2.20. The number of carbonyl (C=O) groups excluding carboxylic acids is 1. The van der Waals surface area contributed by atoms with Gasteiger partial charge in [-0.1, -0.05) is 37.1 Å². The molecule has 0 aromatic heterocycles. The highest BCUT2D eigenvalue weighted by atomic mass is 16.2. The van der Waals surface area contributed by atoms with Gasteiger partial charge in [-0.15, -0.1) is 0 Å². The molecule has 0 unspecified atom stereocenters. The van der Waals surface area contributed by atoms with Gasteiger partial charge in [0, 0.05) is 19.6 Å². The van der Waals surface area contributed by atoms with Crippen LogP contribution in [0, 0.1) is 5.41 Å². The van der Waals surface area contributed by atoms with Gasteiger partial charge in [-0.3, -0.25) is 4.79 Å². The minimum absolute atomic E-state index is 0.253. The normalized spacial score (nSPS) is 21.4. The molecule has 20 heavy (non-hydrogen) atoms. The molecule has 2 N–H and O–H groups in total. The fraction of sp³-hybridized carbons (Fsp3) is 0.588. The standard InChI is InChI=1S/C17H24N2O/c18-13-17(9-3-4-10-17)16(20)19-11-7-14-5-1-2-6-15(14)8-12-19/h1-2,5-6H,3-4,7-13,18H2. The predicted octanol–water partition coefficient (Wildman–Crippen LogP) is 2.13. The summed E-state index contributed by atoms with van der Waals surface area (Å²) in [4.78, 5) is 15.0. The molecule has 1 heterocycles. The van der Waals surface area contributed by atoms with Gasteiger partial charge in [0.15, 0.2) is 0 Å². The van der Waals surface area contributed by atoms with Gasteiger partial charge in [0.05, 0.1) is 5.41 Å². The van der Waals surface area contributed by atoms with Gasteiger partial charge in [0.25, 0.3) is 0 Å². The van der Waals surface area contributed by atoms with E-state index < -0.39 is 0 Å². The highest BCUT2D eigenvalue weighted by Crippen LogP contribution is 2.39. The third-order valence-electron chi connectivity index (χ3n) is 5.11. The van der Waals surface area contributed by atoms with Gasteiger partial charge in [-0.05, 0) is 36.8 Å². The fourth-order valence-corrected chi connectivity index (χ4v) is 3.76. The maximum Gasteiger partial charge on any atom is 0.230 e. The molecule has 1 aliphatic carbocycles. The third-order valence-corrected chi connectivity index (χ3v) is 5.11. The van der Waals surface area contributed by atoms with Crippen LogP contribution in [0.2, 0.25) is 0 Å². The van der Waals surface area contributed by atoms with E-state index in [9.17, 15) is 4.79 Å². The molecule has 1 aromatic rings. The van der Waals surface area contributed by atoms with E-state index in [1.54, 1.807) is 0 Å². The predicted molar refractivity (Wildman–Crippen MR) is 80.4 cm³/mol. The van der Waals surface area contributed by atoms with E-state index in [-0.39, 0.29) is 5.41 Å². The van der Waals surface area contributed by atoms with Crippen molar-refractivity contribution in [1.29, 1.82) is 0 Å². The zero-order chi connectivity index (χ0) is 14.0. The summed E-state index contributed by atoms with van der Waals surface area (Å²) in [5.74, 6) is 0.310. The Bertz CT molecular complexity index is 465. The van der Waals surface area contributed by atoms with E-state index in [2.05, 4.69) is 29.2 Å². The maximum atomic E-state index is 12.9. The lowest BCUT2D eigenvalue weighted by Gasteiger charge is -2.33. The van der Waals surface area contributed by atoms with E-state index in [0.29, 0.717) is 12.5 Å². The molecule has 1 aromatic carbocycles. The van der Waals surface area contributed by atoms with Gasteiger partial charge >= 0.3 is 0 Å². The van der Waals surface area contributed by atoms with Crippen LogP contribution in [0.1, 0.15) is 36.8 Å². The molecular weight excluding hydrogens is 248 g/mol. The van der Waals surface area contributed by atoms with E-state index in [1.807, 2.05) is 0 Å². The molecule has 108 valence electrons. The van der Waals surface area contributed by atoms with Gasteiger partial charge in [0.1, 0.15) is 0 Å². The highest BCUT2D eigenvalue weighted by Gasteiger charge is 2.42. The lowest BCUT2D eigenvalue weighted by molar-refractivity contribution is -0.141. The lowest BCUT2D eigenvalue weighted by Crippen LogP contribution is -2.47. The Kier molecular flexibility index (Phi) is 3.79. The molecule has 1 amide bonds. The smallest absolute Gasteiger partial charge is 0.230 e. The van der Waals surface area contributed by atoms with Crippen LogP contribution in [0.3, 0.4) is 0 Å². The summed E-state index contributed by atoms with van der Waals surface area (Å²) in [5.41, 5.74) is 8.50. The molecule has 0 spiro atoms. The van der Waals surface area contributed by atoms with Crippen LogP contribution in [0.15, 0.2) is 24.3 Å². The molecule has 0 bridgehead atoms. The Balaban J connectivity index is 1.75. The molecule has 3 nitrogen and oxygen atoms in total. The van der Waals surface area contributed by atoms with Crippen LogP contribution < -0.4 is 5.73 Å². The molecule has 1 aliphatic heterocycles. The topological polar surface area (TPSA) is 46.3 Å². The molecule has 0 atom stereocenters. The number of amides is 1. The summed E-state index contributed by atoms with van der Waals surface area (Å²) in [6, 6.07) is 8.57. The largest absolute Gasteiger partial charge is 0.342 e. The number of benzene rings is 1. The minimum atomic E-state index is -0.253. The van der Waals surface area contributed by atoms with E-state index >= 15 is 0 Å². The average Bonchev–Trinajstić information content (AvgIpc) is 2.88. The third kappa shape index (κ3) is 2.35. The average molecular weight is 272 g/mol. The SMILES string of the molecule is NCC1(C(=O)N2CCc3ccccc3CC2)CCCC1. The van der Waals surface area contributed by atoms with Crippen molar-refractivity contribution >= 4 is 5.91 Å². The summed E-state index contributed by atoms with van der Waals surface area (Å²) in [6.07, 6.45) is 6.21. The first kappa shape index (κ1) is 13.6. The minimum Gasteiger partial charge on any atom is -0.342 e. The second kappa shape index (κ2) is 5.57. The Labute approximate surface area is 121 Å². The zero-order valence-electron chi connectivity index (χ0n) is 12.1. The summed E-state index contributed by atoms with van der Waals surface area (Å²) in [7, 11) is 0. The first-order valence-electron chi connectivity index (χ1n) is 7.81. The Morgan fingerprint density at radius 3 is 2.15 bits per heavy atom. The molecular formula is C17H24N2O. The van der Waals surface area contributed by atoms with Crippen LogP contribution in [0.4, 0.5) is 0 Å². The maximum absolute atomic E-state index is 12.9. The molecule has 1 saturated carbocycles. The van der Waals surface area contributed by atoms with Gasteiger partial charge in [0.2, 0.25) is 5.91 Å². The molecule has 0 saturated heterocycles. The van der Waals surface area contributed by atoms with E-state index in [0.717, 1.165) is 51.6 Å². The van der Waals surface area contributed by atoms with Crippen LogP contribution in [0.25, 0.3) is 0 Å². The zero-order valence-corrected chi connectivity index (χ0v) is 12.1. The quantitative estimate of drug-likeness (QED) is 0.896. The number of nitrogens with two attached hydrogens (primary N) is 1. The monoisotopic (exact) mass is 272 g/mol. The Morgan fingerprint density at radius 2 is 1.65 bits per heavy atom. The van der Waals surface area contributed by atoms with Gasteiger partial charge in [-0.2, -0.15) is 0 Å². The van der Waals surface area contributed by atoms with Gasteiger partial charge < -0.3 is 10.6 Å². The van der Waals surface area contributed by atoms with Crippen molar-refractivity contribution in [2.45, 2.75) is 38.5 Å². The summed E-state index contributed by atoms with van der Waals surface area (Å²) in [5, 5.41) is 0. The van der Waals surface area contributed by atoms with E-state index in [1.165, 1.54) is 11.1 Å². The summed E-state index contributed by atoms with van der Waals surface area (Å²) < 4.78 is 0. The molecule has 3 heteroatoms. The number of hydrogen-bond donors (Lipinski definition) is 1. The number of carbonyl (C=O) groups is 1. The first-order valence-corrected chi connectivity index (χ1v) is 7.81. The first-order chi connectivity index (χ1) is 9.75. The van der Waals surface area contributed by atoms with Crippen molar-refractivity contribution < 1.29 is 4.79 Å². The van der Waals surface area contributed by atoms with E-state index in [4.69, 9.17) is 5.73 Å². The summed E-state index contributed by atoms with van der Waals surface area (Å²) >= 11 is 0. The van der Waals surface area contributed by atoms with Crippen molar-refractivity contribution in [1.82, 2.24) is 4.90 Å². The van der Waals surface area contributed by atoms with Crippen LogP contribution in [-0.2, 0) is 17.6 Å². The number of hydrogen-bond acceptors (Lipinski definition) is 2. The Morgan fingerprint density at radius 1 is 1.10 bits per heavy atom. The van der Waals surface area contributed by atoms with Crippen molar-refractivity contribution in [2.24, 2.45) is 11.1 Å². The van der Waals surface area contributed by atoms with Crippen LogP contribution in [0.5, 0.6) is 0 Å². The number of rotatable bonds is 2. The molecule has 3 rings (SSSR count). The number of fused-ring (bicyclic) bond motifs is 1.